The van der Waals surface area contributed by atoms with Gasteiger partial charge in [0.1, 0.15) is 12.0 Å². The van der Waals surface area contributed by atoms with Crippen LogP contribution in [0.4, 0.5) is 0 Å². The van der Waals surface area contributed by atoms with E-state index in [-0.39, 0.29) is 18.5 Å². The van der Waals surface area contributed by atoms with Crippen LogP contribution in [0.25, 0.3) is 33.3 Å². The summed E-state index contributed by atoms with van der Waals surface area (Å²) in [6.45, 7) is 2.05. The Hall–Kier alpha value is -2.79. The largest absolute Gasteiger partial charge is 0.393 e. The minimum atomic E-state index is -4.28. The Morgan fingerprint density at radius 1 is 1.23 bits per heavy atom. The van der Waals surface area contributed by atoms with Crippen LogP contribution in [0.2, 0.25) is 0 Å². The second-order valence-electron chi connectivity index (χ2n) is 8.23. The summed E-state index contributed by atoms with van der Waals surface area (Å²) in [5, 5.41) is 12.4. The zero-order chi connectivity index (χ0) is 21.8. The van der Waals surface area contributed by atoms with E-state index in [9.17, 15) is 13.5 Å². The Morgan fingerprint density at radius 3 is 2.87 bits per heavy atom. The van der Waals surface area contributed by atoms with Crippen LogP contribution < -0.4 is 4.72 Å². The number of aryl methyl sites for hydroxylation is 1. The number of rotatable bonds is 5. The number of nitrogens with one attached hydrogen (secondary N) is 2. The highest BCUT2D eigenvalue weighted by Crippen LogP contribution is 2.38. The number of aromatic nitrogens is 4. The van der Waals surface area contributed by atoms with Crippen molar-refractivity contribution in [2.75, 3.05) is 6.54 Å². The number of aliphatic hydroxyl groups is 1. The monoisotopic (exact) mass is 441 g/mol. The van der Waals surface area contributed by atoms with Gasteiger partial charge in [0.2, 0.25) is 0 Å². The van der Waals surface area contributed by atoms with Crippen LogP contribution in [0.3, 0.4) is 0 Å². The van der Waals surface area contributed by atoms with E-state index in [0.717, 1.165) is 33.3 Å². The fourth-order valence-corrected chi connectivity index (χ4v) is 5.02. The van der Waals surface area contributed by atoms with Crippen molar-refractivity contribution >= 4 is 32.2 Å². The summed E-state index contributed by atoms with van der Waals surface area (Å²) in [4.78, 5) is 12.4. The Kier molecular flexibility index (Phi) is 4.82. The smallest absolute Gasteiger partial charge is 0.333 e. The molecule has 0 bridgehead atoms. The van der Waals surface area contributed by atoms with E-state index in [1.54, 1.807) is 0 Å². The fourth-order valence-electron chi connectivity index (χ4n) is 4.59. The average molecular weight is 442 g/mol. The summed E-state index contributed by atoms with van der Waals surface area (Å²) in [7, 11) is -4.28. The normalized spacial score (nSPS) is 22.0. The molecule has 4 N–H and O–H groups in total. The zero-order valence-electron chi connectivity index (χ0n) is 16.9. The molecule has 31 heavy (non-hydrogen) atoms. The molecule has 0 spiro atoms. The number of benzene rings is 1. The van der Waals surface area contributed by atoms with E-state index in [1.807, 2.05) is 16.8 Å². The van der Waals surface area contributed by atoms with Crippen LogP contribution in [0.5, 0.6) is 0 Å². The first kappa shape index (κ1) is 20.1. The van der Waals surface area contributed by atoms with Crippen molar-refractivity contribution < 1.29 is 18.1 Å². The van der Waals surface area contributed by atoms with Crippen molar-refractivity contribution in [3.05, 3.63) is 48.4 Å². The summed E-state index contributed by atoms with van der Waals surface area (Å²) in [6.07, 6.45) is 3.85. The lowest BCUT2D eigenvalue weighted by Gasteiger charge is -2.14. The summed E-state index contributed by atoms with van der Waals surface area (Å²) < 4.78 is 35.0. The van der Waals surface area contributed by atoms with Crippen molar-refractivity contribution in [3.63, 3.8) is 0 Å². The molecule has 3 atom stereocenters. The van der Waals surface area contributed by atoms with Gasteiger partial charge in [-0.15, -0.1) is 0 Å². The highest BCUT2D eigenvalue weighted by atomic mass is 32.2. The van der Waals surface area contributed by atoms with Crippen LogP contribution in [-0.2, 0) is 10.3 Å². The number of fused-ring (bicyclic) bond motifs is 2. The number of aliphatic hydroxyl groups excluding tert-OH is 1. The van der Waals surface area contributed by atoms with Gasteiger partial charge in [0.25, 0.3) is 0 Å². The second kappa shape index (κ2) is 7.41. The third-order valence-electron chi connectivity index (χ3n) is 6.09. The van der Waals surface area contributed by atoms with E-state index in [0.29, 0.717) is 12.8 Å². The van der Waals surface area contributed by atoms with E-state index >= 15 is 0 Å². The molecule has 4 aromatic rings. The third kappa shape index (κ3) is 3.83. The maximum absolute atomic E-state index is 11.0. The molecule has 9 nitrogen and oxygen atoms in total. The molecular formula is C21H23N5O4S. The predicted molar refractivity (Wildman–Crippen MR) is 117 cm³/mol. The average Bonchev–Trinajstić information content (AvgIpc) is 3.41. The zero-order valence-corrected chi connectivity index (χ0v) is 17.7. The van der Waals surface area contributed by atoms with Crippen LogP contribution >= 0.6 is 0 Å². The molecule has 5 rings (SSSR count). The molecule has 0 radical (unpaired) electrons. The lowest BCUT2D eigenvalue weighted by molar-refractivity contribution is 0.133. The summed E-state index contributed by atoms with van der Waals surface area (Å²) >= 11 is 0. The predicted octanol–water partition coefficient (Wildman–Crippen LogP) is 2.59. The molecule has 1 aliphatic carbocycles. The summed E-state index contributed by atoms with van der Waals surface area (Å²) in [5.74, 6) is -0.289. The van der Waals surface area contributed by atoms with Crippen LogP contribution in [0.1, 0.15) is 24.4 Å². The van der Waals surface area contributed by atoms with Gasteiger partial charge in [-0.05, 0) is 44.0 Å². The molecule has 162 valence electrons. The van der Waals surface area contributed by atoms with Gasteiger partial charge in [-0.3, -0.25) is 4.55 Å². The molecular weight excluding hydrogens is 418 g/mol. The number of nitrogens with zero attached hydrogens (tertiary/aromatic N) is 3. The maximum atomic E-state index is 11.0. The van der Waals surface area contributed by atoms with Gasteiger partial charge >= 0.3 is 10.3 Å². The van der Waals surface area contributed by atoms with Crippen molar-refractivity contribution in [1.29, 1.82) is 0 Å². The third-order valence-corrected chi connectivity index (χ3v) is 6.63. The molecule has 0 amide bonds. The van der Waals surface area contributed by atoms with E-state index in [2.05, 4.69) is 50.9 Å². The number of aromatic amines is 1. The van der Waals surface area contributed by atoms with E-state index < -0.39 is 16.4 Å². The Bertz CT molecular complexity index is 1380. The lowest BCUT2D eigenvalue weighted by Crippen LogP contribution is -2.31. The second-order valence-corrected chi connectivity index (χ2v) is 9.47. The minimum absolute atomic E-state index is 0.00951. The van der Waals surface area contributed by atoms with E-state index in [1.165, 1.54) is 11.9 Å². The first-order valence-electron chi connectivity index (χ1n) is 10.1. The molecule has 0 saturated heterocycles. The summed E-state index contributed by atoms with van der Waals surface area (Å²) in [5.41, 5.74) is 4.71. The Labute approximate surface area is 179 Å². The van der Waals surface area contributed by atoms with E-state index in [4.69, 9.17) is 4.55 Å². The van der Waals surface area contributed by atoms with Gasteiger partial charge < -0.3 is 14.7 Å². The fraction of sp³-hybridized carbons (Fsp3) is 0.333. The van der Waals surface area contributed by atoms with Gasteiger partial charge in [-0.25, -0.2) is 9.97 Å². The van der Waals surface area contributed by atoms with Gasteiger partial charge in [-0.1, -0.05) is 11.6 Å². The van der Waals surface area contributed by atoms with Crippen molar-refractivity contribution in [3.8, 4) is 11.4 Å². The molecule has 1 aromatic carbocycles. The van der Waals surface area contributed by atoms with Crippen LogP contribution in [-0.4, -0.2) is 50.2 Å². The molecule has 1 fully saturated rings. The lowest BCUT2D eigenvalue weighted by atomic mass is 10.1. The highest BCUT2D eigenvalue weighted by Gasteiger charge is 2.35. The maximum Gasteiger partial charge on any atom is 0.333 e. The molecule has 0 unspecified atom stereocenters. The Morgan fingerprint density at radius 2 is 2.06 bits per heavy atom. The van der Waals surface area contributed by atoms with Gasteiger partial charge in [0, 0.05) is 41.0 Å². The van der Waals surface area contributed by atoms with Gasteiger partial charge in [0.15, 0.2) is 0 Å². The van der Waals surface area contributed by atoms with Crippen molar-refractivity contribution in [2.45, 2.75) is 31.9 Å². The Balaban J connectivity index is 1.47. The molecule has 3 aromatic heterocycles. The van der Waals surface area contributed by atoms with Crippen molar-refractivity contribution in [1.82, 2.24) is 24.2 Å². The quantitative estimate of drug-likeness (QED) is 0.352. The number of hydrogen-bond donors (Lipinski definition) is 4. The van der Waals surface area contributed by atoms with Crippen LogP contribution in [0.15, 0.2) is 42.9 Å². The molecule has 3 heterocycles. The van der Waals surface area contributed by atoms with Crippen molar-refractivity contribution in [2.24, 2.45) is 5.92 Å². The summed E-state index contributed by atoms with van der Waals surface area (Å²) in [6, 6.07) is 10.3. The first-order valence-corrected chi connectivity index (χ1v) is 11.5. The molecule has 0 aliphatic heterocycles. The minimum Gasteiger partial charge on any atom is -0.393 e. The highest BCUT2D eigenvalue weighted by molar-refractivity contribution is 7.83. The van der Waals surface area contributed by atoms with Gasteiger partial charge in [-0.2, -0.15) is 13.1 Å². The first-order chi connectivity index (χ1) is 14.8. The molecule has 1 aliphatic rings. The topological polar surface area (TPSA) is 133 Å². The number of H-pyrrole nitrogens is 1. The van der Waals surface area contributed by atoms with Gasteiger partial charge in [0.05, 0.1) is 17.5 Å². The SMILES string of the molecule is Cc1ccc2[nH]c(-c3ncnc4c3ccn4[C@@H]3C[C@@H](CNS(=O)(=O)O)[C@@H](O)C3)cc2c1. The number of hydrogen-bond acceptors (Lipinski definition) is 5. The molecule has 10 heteroatoms. The standard InChI is InChI=1S/C21H23N5O4S/c1-12-2-3-17-13(6-12)8-18(25-17)20-16-4-5-26(21(16)23-11-22-20)15-7-14(19(27)9-15)10-24-31(28,29)30/h2-6,8,11,14-15,19,24-25,27H,7,9-10H2,1H3,(H,28,29,30)/t14-,15+,19-/m0/s1. The van der Waals surface area contributed by atoms with Crippen LogP contribution in [0, 0.1) is 12.8 Å². The molecule has 1 saturated carbocycles.